The van der Waals surface area contributed by atoms with E-state index in [4.69, 9.17) is 0 Å². The van der Waals surface area contributed by atoms with Crippen LogP contribution in [-0.2, 0) is 11.3 Å². The monoisotopic (exact) mass is 309 g/mol. The Morgan fingerprint density at radius 1 is 1.09 bits per heavy atom. The first-order valence-corrected chi connectivity index (χ1v) is 8.05. The number of nitrogens with zero attached hydrogens (tertiary/aromatic N) is 2. The molecule has 0 spiro atoms. The van der Waals surface area contributed by atoms with Gasteiger partial charge >= 0.3 is 0 Å². The van der Waals surface area contributed by atoms with Gasteiger partial charge in [0.15, 0.2) is 0 Å². The molecule has 23 heavy (non-hydrogen) atoms. The van der Waals surface area contributed by atoms with Crippen molar-refractivity contribution in [2.45, 2.75) is 19.9 Å². The maximum Gasteiger partial charge on any atom is 0.225 e. The van der Waals surface area contributed by atoms with Gasteiger partial charge in [0.2, 0.25) is 5.91 Å². The summed E-state index contributed by atoms with van der Waals surface area (Å²) >= 11 is 0. The highest BCUT2D eigenvalue weighted by molar-refractivity contribution is 6.09. The van der Waals surface area contributed by atoms with Crippen LogP contribution in [-0.4, -0.2) is 36.0 Å². The first-order chi connectivity index (χ1) is 11.1. The van der Waals surface area contributed by atoms with Crippen LogP contribution >= 0.6 is 0 Å². The zero-order valence-electron chi connectivity index (χ0n) is 14.0. The maximum atomic E-state index is 12.0. The molecule has 0 aliphatic heterocycles. The van der Waals surface area contributed by atoms with Crippen molar-refractivity contribution in [1.82, 2.24) is 9.47 Å². The fourth-order valence-corrected chi connectivity index (χ4v) is 3.02. The molecular weight excluding hydrogens is 286 g/mol. The highest BCUT2D eigenvalue weighted by Gasteiger charge is 2.10. The van der Waals surface area contributed by atoms with Crippen molar-refractivity contribution >= 4 is 33.4 Å². The van der Waals surface area contributed by atoms with Gasteiger partial charge in [0.05, 0.1) is 0 Å². The number of aryl methyl sites for hydroxylation is 1. The molecule has 0 fully saturated rings. The molecule has 1 N–H and O–H groups in total. The van der Waals surface area contributed by atoms with E-state index in [-0.39, 0.29) is 5.91 Å². The van der Waals surface area contributed by atoms with Crippen molar-refractivity contribution in [3.8, 4) is 0 Å². The normalized spacial score (nSPS) is 11.5. The summed E-state index contributed by atoms with van der Waals surface area (Å²) in [7, 11) is 3.94. The second-order valence-corrected chi connectivity index (χ2v) is 6.09. The van der Waals surface area contributed by atoms with Crippen LogP contribution in [0.25, 0.3) is 21.8 Å². The van der Waals surface area contributed by atoms with Crippen LogP contribution in [0.3, 0.4) is 0 Å². The second kappa shape index (κ2) is 6.42. The lowest BCUT2D eigenvalue weighted by molar-refractivity contribution is -0.116. The van der Waals surface area contributed by atoms with Gasteiger partial charge in [-0.1, -0.05) is 18.2 Å². The van der Waals surface area contributed by atoms with Crippen LogP contribution in [0.15, 0.2) is 42.5 Å². The topological polar surface area (TPSA) is 37.3 Å². The minimum atomic E-state index is 0.0530. The van der Waals surface area contributed by atoms with Crippen LogP contribution < -0.4 is 5.32 Å². The van der Waals surface area contributed by atoms with Crippen molar-refractivity contribution in [2.75, 3.05) is 26.0 Å². The van der Waals surface area contributed by atoms with E-state index in [9.17, 15) is 4.79 Å². The molecule has 0 saturated heterocycles. The van der Waals surface area contributed by atoms with E-state index in [0.717, 1.165) is 18.8 Å². The summed E-state index contributed by atoms with van der Waals surface area (Å²) < 4.78 is 2.31. The van der Waals surface area contributed by atoms with E-state index in [1.165, 1.54) is 21.8 Å². The minimum Gasteiger partial charge on any atom is -0.341 e. The smallest absolute Gasteiger partial charge is 0.225 e. The molecule has 1 aromatic heterocycles. The molecule has 2 aromatic carbocycles. The molecule has 0 bridgehead atoms. The number of para-hydroxylation sites is 1. The number of hydrogen-bond donors (Lipinski definition) is 1. The van der Waals surface area contributed by atoms with Gasteiger partial charge < -0.3 is 14.8 Å². The summed E-state index contributed by atoms with van der Waals surface area (Å²) in [6, 6.07) is 14.6. The predicted molar refractivity (Wildman–Crippen MR) is 96.9 cm³/mol. The number of carbonyl (C=O) groups excluding carboxylic acids is 1. The van der Waals surface area contributed by atoms with Crippen molar-refractivity contribution in [3.63, 3.8) is 0 Å². The Balaban J connectivity index is 1.96. The van der Waals surface area contributed by atoms with Gasteiger partial charge in [-0.05, 0) is 45.3 Å². The van der Waals surface area contributed by atoms with Gasteiger partial charge in [-0.2, -0.15) is 0 Å². The number of hydrogen-bond acceptors (Lipinski definition) is 2. The highest BCUT2D eigenvalue weighted by atomic mass is 16.1. The molecule has 3 aromatic rings. The molecule has 1 amide bonds. The summed E-state index contributed by atoms with van der Waals surface area (Å²) in [5.74, 6) is 0.0530. The minimum absolute atomic E-state index is 0.0530. The molecular formula is C19H23N3O. The van der Waals surface area contributed by atoms with E-state index in [2.05, 4.69) is 53.2 Å². The number of benzene rings is 2. The fraction of sp³-hybridized carbons (Fsp3) is 0.316. The van der Waals surface area contributed by atoms with E-state index < -0.39 is 0 Å². The zero-order valence-corrected chi connectivity index (χ0v) is 14.0. The summed E-state index contributed by atoms with van der Waals surface area (Å²) in [6.45, 7) is 3.84. The van der Waals surface area contributed by atoms with E-state index in [1.807, 2.05) is 25.1 Å². The van der Waals surface area contributed by atoms with Gasteiger partial charge in [0.25, 0.3) is 0 Å². The van der Waals surface area contributed by atoms with Gasteiger partial charge in [-0.15, -0.1) is 0 Å². The summed E-state index contributed by atoms with van der Waals surface area (Å²) in [5.41, 5.74) is 3.31. The molecule has 0 atom stereocenters. The molecule has 1 heterocycles. The number of carbonyl (C=O) groups is 1. The second-order valence-electron chi connectivity index (χ2n) is 6.09. The average molecular weight is 309 g/mol. The fourth-order valence-electron chi connectivity index (χ4n) is 3.02. The number of nitrogens with one attached hydrogen (secondary N) is 1. The van der Waals surface area contributed by atoms with Crippen LogP contribution in [0.5, 0.6) is 0 Å². The predicted octanol–water partition coefficient (Wildman–Crippen LogP) is 3.70. The Kier molecular flexibility index (Phi) is 4.35. The third-order valence-corrected chi connectivity index (χ3v) is 4.16. The number of amides is 1. The van der Waals surface area contributed by atoms with Gasteiger partial charge in [-0.25, -0.2) is 0 Å². The Morgan fingerprint density at radius 3 is 2.57 bits per heavy atom. The molecule has 0 aliphatic rings. The first-order valence-electron chi connectivity index (χ1n) is 8.05. The number of fused-ring (bicyclic) bond motifs is 3. The van der Waals surface area contributed by atoms with Gasteiger partial charge in [0, 0.05) is 47.0 Å². The molecule has 4 heteroatoms. The lowest BCUT2D eigenvalue weighted by atomic mass is 10.1. The van der Waals surface area contributed by atoms with Gasteiger partial charge in [0.1, 0.15) is 0 Å². The van der Waals surface area contributed by atoms with Crippen LogP contribution in [0.1, 0.15) is 13.3 Å². The van der Waals surface area contributed by atoms with Crippen LogP contribution in [0.4, 0.5) is 5.69 Å². The van der Waals surface area contributed by atoms with E-state index in [1.54, 1.807) is 0 Å². The standard InChI is InChI=1S/C19H23N3O/c1-4-22-17-8-6-5-7-15(17)16-13-14(9-10-18(16)22)20-19(23)11-12-21(2)3/h5-10,13H,4,11-12H2,1-3H3,(H,20,23). The largest absolute Gasteiger partial charge is 0.341 e. The number of anilines is 1. The summed E-state index contributed by atoms with van der Waals surface area (Å²) in [6.07, 6.45) is 0.502. The Morgan fingerprint density at radius 2 is 1.83 bits per heavy atom. The molecule has 0 unspecified atom stereocenters. The molecule has 0 aliphatic carbocycles. The van der Waals surface area contributed by atoms with E-state index >= 15 is 0 Å². The Bertz CT molecular complexity index is 848. The van der Waals surface area contributed by atoms with Gasteiger partial charge in [-0.3, -0.25) is 4.79 Å². The Labute approximate surface area is 136 Å². The number of rotatable bonds is 5. The third kappa shape index (κ3) is 3.08. The van der Waals surface area contributed by atoms with Crippen LogP contribution in [0.2, 0.25) is 0 Å². The highest BCUT2D eigenvalue weighted by Crippen LogP contribution is 2.30. The van der Waals surface area contributed by atoms with Crippen LogP contribution in [0, 0.1) is 0 Å². The molecule has 4 nitrogen and oxygen atoms in total. The Hall–Kier alpha value is -2.33. The third-order valence-electron chi connectivity index (χ3n) is 4.16. The van der Waals surface area contributed by atoms with Crippen molar-refractivity contribution in [3.05, 3.63) is 42.5 Å². The summed E-state index contributed by atoms with van der Waals surface area (Å²) in [4.78, 5) is 14.0. The van der Waals surface area contributed by atoms with E-state index in [0.29, 0.717) is 6.42 Å². The number of aromatic nitrogens is 1. The first kappa shape index (κ1) is 15.6. The lowest BCUT2D eigenvalue weighted by Gasteiger charge is -2.10. The quantitative estimate of drug-likeness (QED) is 0.780. The SMILES string of the molecule is CCn1c2ccccc2c2cc(NC(=O)CCN(C)C)ccc21. The van der Waals surface area contributed by atoms with Crippen molar-refractivity contribution in [1.29, 1.82) is 0 Å². The lowest BCUT2D eigenvalue weighted by Crippen LogP contribution is -2.20. The molecule has 0 saturated carbocycles. The van der Waals surface area contributed by atoms with Crippen molar-refractivity contribution in [2.24, 2.45) is 0 Å². The average Bonchev–Trinajstić information content (AvgIpc) is 2.86. The molecule has 3 rings (SSSR count). The zero-order chi connectivity index (χ0) is 16.4. The van der Waals surface area contributed by atoms with Crippen molar-refractivity contribution < 1.29 is 4.79 Å². The molecule has 0 radical (unpaired) electrons. The molecule has 120 valence electrons. The maximum absolute atomic E-state index is 12.0. The summed E-state index contributed by atoms with van der Waals surface area (Å²) in [5, 5.41) is 5.42.